The van der Waals surface area contributed by atoms with Gasteiger partial charge in [-0.05, 0) is 55.3 Å². The minimum Gasteiger partial charge on any atom is -0.497 e. The van der Waals surface area contributed by atoms with E-state index in [2.05, 4.69) is 20.9 Å². The average Bonchev–Trinajstić information content (AvgIpc) is 3.18. The Labute approximate surface area is 220 Å². The highest BCUT2D eigenvalue weighted by atomic mass is 79.9. The molecule has 0 radical (unpaired) electrons. The highest BCUT2D eigenvalue weighted by molar-refractivity contribution is 9.10. The number of methoxy groups -OCH3 is 3. The fourth-order valence-corrected chi connectivity index (χ4v) is 5.49. The molecule has 0 aliphatic carbocycles. The van der Waals surface area contributed by atoms with Crippen LogP contribution in [0.1, 0.15) is 31.0 Å². The van der Waals surface area contributed by atoms with Crippen molar-refractivity contribution in [2.24, 2.45) is 4.99 Å². The third-order valence-corrected chi connectivity index (χ3v) is 7.41. The number of esters is 1. The first-order valence-corrected chi connectivity index (χ1v) is 12.7. The Bertz CT molecular complexity index is 1520. The van der Waals surface area contributed by atoms with Crippen molar-refractivity contribution >= 4 is 39.3 Å². The molecule has 1 aliphatic heterocycles. The van der Waals surface area contributed by atoms with E-state index >= 15 is 0 Å². The van der Waals surface area contributed by atoms with Gasteiger partial charge in [-0.1, -0.05) is 39.4 Å². The summed E-state index contributed by atoms with van der Waals surface area (Å²) in [5.74, 6) is 1.27. The lowest BCUT2D eigenvalue weighted by atomic mass is 9.96. The summed E-state index contributed by atoms with van der Waals surface area (Å²) in [6.45, 7) is 3.71. The van der Waals surface area contributed by atoms with E-state index in [1.165, 1.54) is 11.3 Å². The second-order valence-corrected chi connectivity index (χ2v) is 9.67. The van der Waals surface area contributed by atoms with E-state index in [-0.39, 0.29) is 12.2 Å². The van der Waals surface area contributed by atoms with Gasteiger partial charge in [0.05, 0.1) is 49.8 Å². The molecule has 2 heterocycles. The normalized spacial score (nSPS) is 15.3. The van der Waals surface area contributed by atoms with Crippen LogP contribution in [0, 0.1) is 0 Å². The van der Waals surface area contributed by atoms with Gasteiger partial charge in [0.25, 0.3) is 5.56 Å². The van der Waals surface area contributed by atoms with Gasteiger partial charge < -0.3 is 18.9 Å². The zero-order chi connectivity index (χ0) is 26.0. The fraction of sp³-hybridized carbons (Fsp3) is 0.269. The Morgan fingerprint density at radius 1 is 1.11 bits per heavy atom. The minimum absolute atomic E-state index is 0.211. The van der Waals surface area contributed by atoms with Gasteiger partial charge in [0, 0.05) is 4.47 Å². The largest absolute Gasteiger partial charge is 0.497 e. The topological polar surface area (TPSA) is 88.4 Å². The smallest absolute Gasteiger partial charge is 0.338 e. The summed E-state index contributed by atoms with van der Waals surface area (Å²) in [5.41, 5.74) is 2.05. The van der Waals surface area contributed by atoms with E-state index in [4.69, 9.17) is 18.9 Å². The second-order valence-electron chi connectivity index (χ2n) is 7.80. The van der Waals surface area contributed by atoms with E-state index in [1.54, 1.807) is 70.1 Å². The van der Waals surface area contributed by atoms with Gasteiger partial charge in [0.2, 0.25) is 0 Å². The lowest BCUT2D eigenvalue weighted by Gasteiger charge is -2.24. The van der Waals surface area contributed by atoms with Gasteiger partial charge >= 0.3 is 5.97 Å². The maximum Gasteiger partial charge on any atom is 0.338 e. The molecule has 0 spiro atoms. The van der Waals surface area contributed by atoms with Crippen LogP contribution < -0.4 is 29.1 Å². The van der Waals surface area contributed by atoms with Crippen molar-refractivity contribution in [1.82, 2.24) is 4.57 Å². The van der Waals surface area contributed by atoms with Crippen molar-refractivity contribution in [3.05, 3.63) is 83.0 Å². The lowest BCUT2D eigenvalue weighted by Crippen LogP contribution is -2.39. The summed E-state index contributed by atoms with van der Waals surface area (Å²) in [5, 5.41) is 0. The molecule has 188 valence electrons. The molecule has 0 saturated heterocycles. The van der Waals surface area contributed by atoms with Crippen LogP contribution >= 0.6 is 27.3 Å². The molecule has 2 aromatic carbocycles. The van der Waals surface area contributed by atoms with Crippen LogP contribution in [0.25, 0.3) is 6.08 Å². The van der Waals surface area contributed by atoms with Crippen molar-refractivity contribution in [2.75, 3.05) is 27.9 Å². The van der Waals surface area contributed by atoms with Gasteiger partial charge in [0.15, 0.2) is 16.3 Å². The zero-order valence-electron chi connectivity index (χ0n) is 20.5. The lowest BCUT2D eigenvalue weighted by molar-refractivity contribution is -0.139. The standard InChI is InChI=1S/C26H25BrN2O6S/c1-6-35-25(31)22-14(2)28-26-29(23(22)15-7-9-17(32-3)10-8-15)24(30)21(36-26)12-16-11-19(33-4)20(34-5)13-18(16)27/h7-13,23H,6H2,1-5H3/t23-/m0/s1. The number of allylic oxidation sites excluding steroid dienone is 1. The second kappa shape index (κ2) is 10.7. The molecule has 0 amide bonds. The zero-order valence-corrected chi connectivity index (χ0v) is 22.9. The SMILES string of the molecule is CCOC(=O)C1=C(C)N=c2sc(=Cc3cc(OC)c(OC)cc3Br)c(=O)n2[C@H]1c1ccc(OC)cc1. The molecule has 1 aromatic heterocycles. The highest BCUT2D eigenvalue weighted by Crippen LogP contribution is 2.34. The first-order valence-electron chi connectivity index (χ1n) is 11.1. The van der Waals surface area contributed by atoms with E-state index < -0.39 is 12.0 Å². The van der Waals surface area contributed by atoms with Crippen LogP contribution in [0.2, 0.25) is 0 Å². The Morgan fingerprint density at radius 2 is 1.78 bits per heavy atom. The fourth-order valence-electron chi connectivity index (χ4n) is 4.01. The number of rotatable bonds is 7. The Morgan fingerprint density at radius 3 is 2.39 bits per heavy atom. The van der Waals surface area contributed by atoms with Crippen LogP contribution in [0.5, 0.6) is 17.2 Å². The Balaban J connectivity index is 1.94. The molecule has 0 N–H and O–H groups in total. The van der Waals surface area contributed by atoms with Gasteiger partial charge in [-0.15, -0.1) is 0 Å². The molecule has 0 unspecified atom stereocenters. The molecule has 4 rings (SSSR count). The molecule has 0 saturated carbocycles. The first kappa shape index (κ1) is 25.7. The monoisotopic (exact) mass is 572 g/mol. The van der Waals surface area contributed by atoms with Crippen LogP contribution in [0.3, 0.4) is 0 Å². The van der Waals surface area contributed by atoms with Crippen molar-refractivity contribution in [1.29, 1.82) is 0 Å². The quantitative estimate of drug-likeness (QED) is 0.402. The number of hydrogen-bond donors (Lipinski definition) is 0. The van der Waals surface area contributed by atoms with Crippen molar-refractivity contribution in [3.63, 3.8) is 0 Å². The summed E-state index contributed by atoms with van der Waals surface area (Å²) in [4.78, 5) is 31.9. The molecule has 3 aromatic rings. The van der Waals surface area contributed by atoms with E-state index in [0.29, 0.717) is 37.9 Å². The van der Waals surface area contributed by atoms with Crippen molar-refractivity contribution in [2.45, 2.75) is 19.9 Å². The third-order valence-electron chi connectivity index (χ3n) is 5.74. The maximum atomic E-state index is 13.8. The van der Waals surface area contributed by atoms with Gasteiger partial charge in [-0.2, -0.15) is 0 Å². The number of carbonyl (C=O) groups excluding carboxylic acids is 1. The number of nitrogens with zero attached hydrogens (tertiary/aromatic N) is 2. The Kier molecular flexibility index (Phi) is 7.65. The molecule has 10 heteroatoms. The van der Waals surface area contributed by atoms with Gasteiger partial charge in [-0.25, -0.2) is 9.79 Å². The number of aromatic nitrogens is 1. The highest BCUT2D eigenvalue weighted by Gasteiger charge is 2.33. The maximum absolute atomic E-state index is 13.8. The average molecular weight is 573 g/mol. The number of halogens is 1. The number of hydrogen-bond acceptors (Lipinski definition) is 8. The third kappa shape index (κ3) is 4.70. The van der Waals surface area contributed by atoms with Gasteiger partial charge in [-0.3, -0.25) is 9.36 Å². The number of ether oxygens (including phenoxy) is 4. The molecule has 8 nitrogen and oxygen atoms in total. The summed E-state index contributed by atoms with van der Waals surface area (Å²) in [6, 6.07) is 10.1. The van der Waals surface area contributed by atoms with Gasteiger partial charge in [0.1, 0.15) is 5.75 Å². The molecule has 1 aliphatic rings. The van der Waals surface area contributed by atoms with E-state index in [1.807, 2.05) is 12.1 Å². The van der Waals surface area contributed by atoms with Crippen LogP contribution in [0.15, 0.2) is 61.9 Å². The minimum atomic E-state index is -0.692. The molecule has 0 fully saturated rings. The summed E-state index contributed by atoms with van der Waals surface area (Å²) >= 11 is 4.80. The number of benzene rings is 2. The number of thiazole rings is 1. The number of fused-ring (bicyclic) bond motifs is 1. The van der Waals surface area contributed by atoms with Crippen molar-refractivity contribution < 1.29 is 23.7 Å². The Hall–Kier alpha value is -3.37. The van der Waals surface area contributed by atoms with E-state index in [9.17, 15) is 9.59 Å². The summed E-state index contributed by atoms with van der Waals surface area (Å²) in [6.07, 6.45) is 1.77. The molecular weight excluding hydrogens is 548 g/mol. The molecule has 36 heavy (non-hydrogen) atoms. The summed E-state index contributed by atoms with van der Waals surface area (Å²) in [7, 11) is 4.70. The number of carbonyl (C=O) groups is 1. The van der Waals surface area contributed by atoms with Crippen LogP contribution in [0.4, 0.5) is 0 Å². The van der Waals surface area contributed by atoms with E-state index in [0.717, 1.165) is 15.6 Å². The van der Waals surface area contributed by atoms with Crippen molar-refractivity contribution in [3.8, 4) is 17.2 Å². The summed E-state index contributed by atoms with van der Waals surface area (Å²) < 4.78 is 24.1. The predicted molar refractivity (Wildman–Crippen MR) is 141 cm³/mol. The predicted octanol–water partition coefficient (Wildman–Crippen LogP) is 3.59. The molecular formula is C26H25BrN2O6S. The molecule has 0 bridgehead atoms. The van der Waals surface area contributed by atoms with Crippen LogP contribution in [-0.4, -0.2) is 38.5 Å². The van der Waals surface area contributed by atoms with Crippen LogP contribution in [-0.2, 0) is 9.53 Å². The molecule has 1 atom stereocenters. The first-order chi connectivity index (χ1) is 17.3.